The number of hydrazine groups is 1. The lowest BCUT2D eigenvalue weighted by atomic mass is 10.2. The van der Waals surface area contributed by atoms with Crippen molar-refractivity contribution in [3.8, 4) is 0 Å². The number of nitrogens with zero attached hydrogens (tertiary/aromatic N) is 3. The summed E-state index contributed by atoms with van der Waals surface area (Å²) in [5.74, 6) is 5.49. The first kappa shape index (κ1) is 16.6. The number of likely N-dealkylation sites (N-methyl/N-ethyl adjacent to an activating group) is 1. The summed E-state index contributed by atoms with van der Waals surface area (Å²) in [7, 11) is 0. The standard InChI is InChI=1S/C12H20N6O3/c1-4-17(5-2)12(19)8(3)14-10-6-9(18(20)21)7-11(15-10)16-13/h6-8H,4-5,13H2,1-3H3,(H2,14,15,16). The maximum atomic E-state index is 12.1. The van der Waals surface area contributed by atoms with Crippen LogP contribution in [0.5, 0.6) is 0 Å². The zero-order chi connectivity index (χ0) is 16.0. The number of pyridine rings is 1. The van der Waals surface area contributed by atoms with Gasteiger partial charge in [0.05, 0.1) is 17.1 Å². The Hall–Kier alpha value is -2.42. The van der Waals surface area contributed by atoms with Gasteiger partial charge >= 0.3 is 0 Å². The molecule has 0 bridgehead atoms. The summed E-state index contributed by atoms with van der Waals surface area (Å²) >= 11 is 0. The van der Waals surface area contributed by atoms with E-state index in [1.165, 1.54) is 12.1 Å². The highest BCUT2D eigenvalue weighted by atomic mass is 16.6. The lowest BCUT2D eigenvalue weighted by Gasteiger charge is -2.23. The number of anilines is 2. The van der Waals surface area contributed by atoms with Crippen LogP contribution < -0.4 is 16.6 Å². The van der Waals surface area contributed by atoms with E-state index in [0.717, 1.165) is 0 Å². The van der Waals surface area contributed by atoms with Gasteiger partial charge in [-0.3, -0.25) is 14.9 Å². The van der Waals surface area contributed by atoms with Crippen molar-refractivity contribution in [3.63, 3.8) is 0 Å². The molecule has 1 heterocycles. The van der Waals surface area contributed by atoms with Gasteiger partial charge in [-0.15, -0.1) is 0 Å². The molecule has 1 unspecified atom stereocenters. The number of nitrogens with two attached hydrogens (primary N) is 1. The van der Waals surface area contributed by atoms with E-state index in [4.69, 9.17) is 5.84 Å². The quantitative estimate of drug-likeness (QED) is 0.388. The van der Waals surface area contributed by atoms with Gasteiger partial charge in [0.1, 0.15) is 17.7 Å². The molecule has 0 saturated carbocycles. The summed E-state index contributed by atoms with van der Waals surface area (Å²) in [6.07, 6.45) is 0. The molecule has 0 aromatic carbocycles. The van der Waals surface area contributed by atoms with Crippen LogP contribution in [0.25, 0.3) is 0 Å². The molecule has 1 aromatic rings. The van der Waals surface area contributed by atoms with Crippen molar-refractivity contribution in [3.05, 3.63) is 22.2 Å². The molecule has 1 aromatic heterocycles. The van der Waals surface area contributed by atoms with Crippen molar-refractivity contribution >= 4 is 23.2 Å². The van der Waals surface area contributed by atoms with Crippen molar-refractivity contribution in [2.45, 2.75) is 26.8 Å². The van der Waals surface area contributed by atoms with Crippen LogP contribution in [-0.2, 0) is 4.79 Å². The second-order valence-corrected chi connectivity index (χ2v) is 4.37. The van der Waals surface area contributed by atoms with E-state index >= 15 is 0 Å². The van der Waals surface area contributed by atoms with Crippen LogP contribution in [0.1, 0.15) is 20.8 Å². The van der Waals surface area contributed by atoms with E-state index in [9.17, 15) is 14.9 Å². The predicted molar refractivity (Wildman–Crippen MR) is 79.7 cm³/mol. The van der Waals surface area contributed by atoms with Gasteiger partial charge in [-0.05, 0) is 20.8 Å². The molecule has 1 atom stereocenters. The van der Waals surface area contributed by atoms with E-state index in [-0.39, 0.29) is 23.2 Å². The second-order valence-electron chi connectivity index (χ2n) is 4.37. The molecule has 1 rings (SSSR count). The van der Waals surface area contributed by atoms with E-state index in [0.29, 0.717) is 13.1 Å². The highest BCUT2D eigenvalue weighted by Gasteiger charge is 2.19. The lowest BCUT2D eigenvalue weighted by Crippen LogP contribution is -2.41. The van der Waals surface area contributed by atoms with Gasteiger partial charge in [0, 0.05) is 13.1 Å². The monoisotopic (exact) mass is 296 g/mol. The van der Waals surface area contributed by atoms with Crippen molar-refractivity contribution in [2.24, 2.45) is 5.84 Å². The Labute approximate surface area is 122 Å². The average molecular weight is 296 g/mol. The van der Waals surface area contributed by atoms with Gasteiger partial charge < -0.3 is 15.6 Å². The van der Waals surface area contributed by atoms with Crippen molar-refractivity contribution in [1.82, 2.24) is 9.88 Å². The van der Waals surface area contributed by atoms with Crippen LogP contribution in [0, 0.1) is 10.1 Å². The van der Waals surface area contributed by atoms with Crippen LogP contribution in [0.3, 0.4) is 0 Å². The number of nitro groups is 1. The Morgan fingerprint density at radius 1 is 1.43 bits per heavy atom. The van der Waals surface area contributed by atoms with E-state index in [1.54, 1.807) is 11.8 Å². The zero-order valence-electron chi connectivity index (χ0n) is 12.3. The molecule has 1 amide bonds. The normalized spacial score (nSPS) is 11.6. The number of carbonyl (C=O) groups excluding carboxylic acids is 1. The molecular weight excluding hydrogens is 276 g/mol. The summed E-state index contributed by atoms with van der Waals surface area (Å²) in [6.45, 7) is 6.64. The van der Waals surface area contributed by atoms with Crippen LogP contribution in [0.2, 0.25) is 0 Å². The maximum absolute atomic E-state index is 12.1. The number of nitrogens with one attached hydrogen (secondary N) is 2. The van der Waals surface area contributed by atoms with Crippen LogP contribution in [0.4, 0.5) is 17.3 Å². The van der Waals surface area contributed by atoms with Gasteiger partial charge in [-0.1, -0.05) is 0 Å². The highest BCUT2D eigenvalue weighted by molar-refractivity contribution is 5.84. The molecule has 9 heteroatoms. The Bertz CT molecular complexity index is 518. The molecule has 0 aliphatic carbocycles. The summed E-state index contributed by atoms with van der Waals surface area (Å²) in [6, 6.07) is 1.92. The topological polar surface area (TPSA) is 126 Å². The third-order valence-electron chi connectivity index (χ3n) is 2.98. The first-order valence-electron chi connectivity index (χ1n) is 6.61. The highest BCUT2D eigenvalue weighted by Crippen LogP contribution is 2.20. The fourth-order valence-corrected chi connectivity index (χ4v) is 1.86. The maximum Gasteiger partial charge on any atom is 0.276 e. The van der Waals surface area contributed by atoms with Gasteiger partial charge in [0.2, 0.25) is 5.91 Å². The Morgan fingerprint density at radius 3 is 2.48 bits per heavy atom. The Morgan fingerprint density at radius 2 is 2.00 bits per heavy atom. The van der Waals surface area contributed by atoms with E-state index in [2.05, 4.69) is 15.7 Å². The minimum Gasteiger partial charge on any atom is -0.358 e. The largest absolute Gasteiger partial charge is 0.358 e. The molecule has 21 heavy (non-hydrogen) atoms. The molecule has 0 radical (unpaired) electrons. The number of carbonyl (C=O) groups is 1. The fraction of sp³-hybridized carbons (Fsp3) is 0.500. The fourth-order valence-electron chi connectivity index (χ4n) is 1.86. The first-order chi connectivity index (χ1) is 9.92. The molecule has 0 aliphatic heterocycles. The number of nitrogen functional groups attached to an aromatic ring is 1. The minimum absolute atomic E-state index is 0.101. The van der Waals surface area contributed by atoms with Gasteiger partial charge in [-0.25, -0.2) is 10.8 Å². The number of rotatable bonds is 7. The third kappa shape index (κ3) is 4.28. The molecule has 0 aliphatic rings. The van der Waals surface area contributed by atoms with E-state index < -0.39 is 11.0 Å². The molecule has 0 saturated heterocycles. The Kier molecular flexibility index (Phi) is 5.85. The summed E-state index contributed by atoms with van der Waals surface area (Å²) in [5.41, 5.74) is 2.10. The van der Waals surface area contributed by atoms with Crippen LogP contribution in [0.15, 0.2) is 12.1 Å². The molecule has 4 N–H and O–H groups in total. The number of hydrogen-bond acceptors (Lipinski definition) is 7. The first-order valence-corrected chi connectivity index (χ1v) is 6.61. The van der Waals surface area contributed by atoms with Crippen LogP contribution >= 0.6 is 0 Å². The third-order valence-corrected chi connectivity index (χ3v) is 2.98. The smallest absolute Gasteiger partial charge is 0.276 e. The second kappa shape index (κ2) is 7.39. The molecule has 0 spiro atoms. The minimum atomic E-state index is -0.551. The van der Waals surface area contributed by atoms with E-state index in [1.807, 2.05) is 13.8 Å². The van der Waals surface area contributed by atoms with Crippen molar-refractivity contribution < 1.29 is 9.72 Å². The summed E-state index contributed by atoms with van der Waals surface area (Å²) in [4.78, 5) is 28.2. The van der Waals surface area contributed by atoms with Crippen LogP contribution in [-0.4, -0.2) is 39.8 Å². The number of amides is 1. The summed E-state index contributed by atoms with van der Waals surface area (Å²) in [5, 5.41) is 13.7. The molecular formula is C12H20N6O3. The molecule has 116 valence electrons. The van der Waals surface area contributed by atoms with Crippen molar-refractivity contribution in [2.75, 3.05) is 23.8 Å². The van der Waals surface area contributed by atoms with Gasteiger partial charge in [-0.2, -0.15) is 0 Å². The number of hydrogen-bond donors (Lipinski definition) is 3. The van der Waals surface area contributed by atoms with Crippen molar-refractivity contribution in [1.29, 1.82) is 0 Å². The molecule has 9 nitrogen and oxygen atoms in total. The van der Waals surface area contributed by atoms with Gasteiger partial charge in [0.25, 0.3) is 5.69 Å². The zero-order valence-corrected chi connectivity index (χ0v) is 12.3. The number of aromatic nitrogens is 1. The molecule has 0 fully saturated rings. The SMILES string of the molecule is CCN(CC)C(=O)C(C)Nc1cc([N+](=O)[O-])cc(NN)n1. The Balaban J connectivity index is 2.93. The van der Waals surface area contributed by atoms with Gasteiger partial charge in [0.15, 0.2) is 0 Å². The predicted octanol–water partition coefficient (Wildman–Crippen LogP) is 0.944. The lowest BCUT2D eigenvalue weighted by molar-refractivity contribution is -0.384. The summed E-state index contributed by atoms with van der Waals surface area (Å²) < 4.78 is 0. The average Bonchev–Trinajstić information content (AvgIpc) is 2.47.